The molecule has 3 aromatic rings. The van der Waals surface area contributed by atoms with Gasteiger partial charge in [-0.1, -0.05) is 11.3 Å². The first-order chi connectivity index (χ1) is 10.5. The molecule has 0 bridgehead atoms. The molecular formula is C18H19N4+. The summed E-state index contributed by atoms with van der Waals surface area (Å²) in [6.07, 6.45) is 3.97. The van der Waals surface area contributed by atoms with Crippen LogP contribution >= 0.6 is 0 Å². The molecule has 0 atom stereocenters. The van der Waals surface area contributed by atoms with Crippen LogP contribution in [-0.4, -0.2) is 15.0 Å². The predicted molar refractivity (Wildman–Crippen MR) is 84.8 cm³/mol. The van der Waals surface area contributed by atoms with Crippen LogP contribution in [0.25, 0.3) is 16.9 Å². The number of aromatic nitrogens is 4. The maximum atomic E-state index is 4.28. The summed E-state index contributed by atoms with van der Waals surface area (Å²) in [7, 11) is 2.09. The van der Waals surface area contributed by atoms with Crippen molar-refractivity contribution in [3.63, 3.8) is 0 Å². The molecule has 110 valence electrons. The summed E-state index contributed by atoms with van der Waals surface area (Å²) in [4.78, 5) is 0. The summed E-state index contributed by atoms with van der Waals surface area (Å²) >= 11 is 0. The monoisotopic (exact) mass is 291 g/mol. The van der Waals surface area contributed by atoms with Gasteiger partial charge in [0.1, 0.15) is 7.05 Å². The van der Waals surface area contributed by atoms with Gasteiger partial charge in [-0.15, -0.1) is 5.10 Å². The molecular weight excluding hydrogens is 272 g/mol. The fourth-order valence-corrected chi connectivity index (χ4v) is 3.59. The topological polar surface area (TPSA) is 34.6 Å². The van der Waals surface area contributed by atoms with Crippen LogP contribution in [0, 0.1) is 6.92 Å². The van der Waals surface area contributed by atoms with E-state index in [0.29, 0.717) is 0 Å². The average Bonchev–Trinajstić information content (AvgIpc) is 3.04. The van der Waals surface area contributed by atoms with Crippen LogP contribution in [0.15, 0.2) is 42.7 Å². The first kappa shape index (κ1) is 13.2. The van der Waals surface area contributed by atoms with Crippen molar-refractivity contribution >= 4 is 0 Å². The van der Waals surface area contributed by atoms with Crippen LogP contribution in [0.5, 0.6) is 0 Å². The molecule has 0 saturated heterocycles. The Balaban J connectivity index is 2.11. The lowest BCUT2D eigenvalue weighted by molar-refractivity contribution is -0.660. The van der Waals surface area contributed by atoms with E-state index in [-0.39, 0.29) is 5.41 Å². The Morgan fingerprint density at radius 1 is 1.14 bits per heavy atom. The highest BCUT2D eigenvalue weighted by Crippen LogP contribution is 2.46. The van der Waals surface area contributed by atoms with Crippen LogP contribution in [0.2, 0.25) is 0 Å². The smallest absolute Gasteiger partial charge is 0.212 e. The largest absolute Gasteiger partial charge is 0.216 e. The number of fused-ring (bicyclic) bond motifs is 3. The minimum absolute atomic E-state index is 0.108. The van der Waals surface area contributed by atoms with Crippen LogP contribution < -0.4 is 4.57 Å². The molecule has 0 unspecified atom stereocenters. The number of hydrogen-bond acceptors (Lipinski definition) is 2. The van der Waals surface area contributed by atoms with Gasteiger partial charge in [-0.2, -0.15) is 0 Å². The fraction of sp³-hybridized carbons (Fsp3) is 0.278. The van der Waals surface area contributed by atoms with Gasteiger partial charge in [-0.05, 0) is 38.5 Å². The van der Waals surface area contributed by atoms with E-state index in [2.05, 4.69) is 79.2 Å². The fourth-order valence-electron chi connectivity index (χ4n) is 3.59. The maximum absolute atomic E-state index is 4.28. The quantitative estimate of drug-likeness (QED) is 0.646. The molecule has 0 spiro atoms. The van der Waals surface area contributed by atoms with Crippen LogP contribution in [0.1, 0.15) is 30.7 Å². The second-order valence-corrected chi connectivity index (χ2v) is 6.50. The summed E-state index contributed by atoms with van der Waals surface area (Å²) in [6, 6.07) is 10.7. The van der Waals surface area contributed by atoms with Gasteiger partial charge in [0.15, 0.2) is 6.20 Å². The Morgan fingerprint density at radius 3 is 2.73 bits per heavy atom. The highest BCUT2D eigenvalue weighted by Gasteiger charge is 2.41. The number of aryl methyl sites for hydroxylation is 2. The molecule has 22 heavy (non-hydrogen) atoms. The van der Waals surface area contributed by atoms with Gasteiger partial charge >= 0.3 is 0 Å². The molecule has 0 radical (unpaired) electrons. The van der Waals surface area contributed by atoms with Crippen molar-refractivity contribution < 1.29 is 4.57 Å². The van der Waals surface area contributed by atoms with Gasteiger partial charge in [-0.3, -0.25) is 0 Å². The summed E-state index contributed by atoms with van der Waals surface area (Å²) in [5, 5.41) is 8.37. The van der Waals surface area contributed by atoms with E-state index in [9.17, 15) is 0 Å². The first-order valence-corrected chi connectivity index (χ1v) is 7.52. The van der Waals surface area contributed by atoms with Crippen molar-refractivity contribution in [2.24, 2.45) is 7.05 Å². The van der Waals surface area contributed by atoms with Crippen LogP contribution in [0.3, 0.4) is 0 Å². The second-order valence-electron chi connectivity index (χ2n) is 6.50. The van der Waals surface area contributed by atoms with E-state index < -0.39 is 0 Å². The molecule has 4 nitrogen and oxygen atoms in total. The van der Waals surface area contributed by atoms with E-state index in [1.54, 1.807) is 0 Å². The van der Waals surface area contributed by atoms with Gasteiger partial charge in [-0.25, -0.2) is 9.25 Å². The molecule has 1 aliphatic heterocycles. The summed E-state index contributed by atoms with van der Waals surface area (Å²) < 4.78 is 4.15. The Morgan fingerprint density at radius 2 is 1.95 bits per heavy atom. The minimum Gasteiger partial charge on any atom is -0.216 e. The summed E-state index contributed by atoms with van der Waals surface area (Å²) in [5.41, 5.74) is 7.32. The third kappa shape index (κ3) is 1.55. The Kier molecular flexibility index (Phi) is 2.55. The van der Waals surface area contributed by atoms with Crippen molar-refractivity contribution in [2.75, 3.05) is 0 Å². The minimum atomic E-state index is -0.108. The van der Waals surface area contributed by atoms with Crippen LogP contribution in [0.4, 0.5) is 0 Å². The van der Waals surface area contributed by atoms with Crippen molar-refractivity contribution in [3.05, 3.63) is 59.5 Å². The lowest BCUT2D eigenvalue weighted by Crippen LogP contribution is -2.31. The number of benzene rings is 1. The predicted octanol–water partition coefficient (Wildman–Crippen LogP) is 2.71. The Hall–Kier alpha value is -2.49. The normalized spacial score (nSPS) is 14.7. The molecule has 1 aliphatic rings. The van der Waals surface area contributed by atoms with Gasteiger partial charge in [0.25, 0.3) is 0 Å². The molecule has 4 heteroatoms. The lowest BCUT2D eigenvalue weighted by atomic mass is 9.79. The van der Waals surface area contributed by atoms with Gasteiger partial charge in [0.2, 0.25) is 5.69 Å². The zero-order chi connectivity index (χ0) is 15.5. The van der Waals surface area contributed by atoms with Crippen molar-refractivity contribution in [1.29, 1.82) is 0 Å². The number of nitrogens with zero attached hydrogens (tertiary/aromatic N) is 4. The van der Waals surface area contributed by atoms with Gasteiger partial charge in [0, 0.05) is 23.1 Å². The second kappa shape index (κ2) is 4.26. The first-order valence-electron chi connectivity index (χ1n) is 7.52. The molecule has 0 saturated carbocycles. The Labute approximate surface area is 130 Å². The van der Waals surface area contributed by atoms with Crippen molar-refractivity contribution in [1.82, 2.24) is 15.0 Å². The molecule has 0 amide bonds. The van der Waals surface area contributed by atoms with Crippen molar-refractivity contribution in [2.45, 2.75) is 26.2 Å². The van der Waals surface area contributed by atoms with E-state index in [1.807, 2.05) is 10.9 Å². The van der Waals surface area contributed by atoms with Crippen molar-refractivity contribution in [3.8, 4) is 16.9 Å². The molecule has 1 aromatic carbocycles. The molecule has 2 aromatic heterocycles. The Bertz CT molecular complexity index is 890. The molecule has 0 aliphatic carbocycles. The SMILES string of the molecule is Cc1ccc2c(c1-c1cccc[n+]1C)C(C)(C)c1cnnn1-2. The number of hydrogen-bond donors (Lipinski definition) is 0. The number of rotatable bonds is 1. The third-order valence-corrected chi connectivity index (χ3v) is 4.75. The lowest BCUT2D eigenvalue weighted by Gasteiger charge is -2.22. The van der Waals surface area contributed by atoms with E-state index in [1.165, 1.54) is 22.4 Å². The highest BCUT2D eigenvalue weighted by molar-refractivity contribution is 5.75. The van der Waals surface area contributed by atoms with E-state index in [4.69, 9.17) is 0 Å². The highest BCUT2D eigenvalue weighted by atomic mass is 15.4. The standard InChI is InChI=1S/C18H19N4/c1-12-8-9-14-17(16(12)13-7-5-6-10-21(13)4)18(2,3)15-11-19-20-22(14)15/h5-11H,1-4H3/q+1. The van der Waals surface area contributed by atoms with E-state index in [0.717, 1.165) is 11.4 Å². The molecule has 0 fully saturated rings. The zero-order valence-corrected chi connectivity index (χ0v) is 13.3. The van der Waals surface area contributed by atoms with Crippen LogP contribution in [-0.2, 0) is 12.5 Å². The maximum Gasteiger partial charge on any atom is 0.212 e. The summed E-state index contributed by atoms with van der Waals surface area (Å²) in [5.74, 6) is 0. The van der Waals surface area contributed by atoms with E-state index >= 15 is 0 Å². The third-order valence-electron chi connectivity index (χ3n) is 4.75. The number of pyridine rings is 1. The molecule has 3 heterocycles. The average molecular weight is 291 g/mol. The van der Waals surface area contributed by atoms with Gasteiger partial charge in [0.05, 0.1) is 23.1 Å². The van der Waals surface area contributed by atoms with Gasteiger partial charge < -0.3 is 0 Å². The molecule has 4 rings (SSSR count). The molecule has 0 N–H and O–H groups in total. The summed E-state index contributed by atoms with van der Waals surface area (Å²) in [6.45, 7) is 6.68. The zero-order valence-electron chi connectivity index (χ0n) is 13.3.